The highest BCUT2D eigenvalue weighted by Crippen LogP contribution is 2.52. The van der Waals surface area contributed by atoms with Crippen LogP contribution in [0.25, 0.3) is 0 Å². The normalized spacial score (nSPS) is 22.7. The topological polar surface area (TPSA) is 48.0 Å². The number of nitrogens with zero attached hydrogens (tertiary/aromatic N) is 1. The molecule has 0 aromatic carbocycles. The molecule has 0 bridgehead atoms. The van der Waals surface area contributed by atoms with Gasteiger partial charge in [0.05, 0.1) is 5.69 Å². The van der Waals surface area contributed by atoms with E-state index in [2.05, 4.69) is 13.8 Å². The summed E-state index contributed by atoms with van der Waals surface area (Å²) in [7, 11) is 0. The first-order chi connectivity index (χ1) is 6.92. The van der Waals surface area contributed by atoms with Crippen molar-refractivity contribution in [3.63, 3.8) is 0 Å². The van der Waals surface area contributed by atoms with Crippen LogP contribution in [0.1, 0.15) is 26.0 Å². The van der Waals surface area contributed by atoms with Crippen molar-refractivity contribution in [2.24, 2.45) is 11.3 Å². The van der Waals surface area contributed by atoms with Crippen LogP contribution in [0, 0.1) is 18.3 Å². The Labute approximate surface area is 89.9 Å². The van der Waals surface area contributed by atoms with Gasteiger partial charge < -0.3 is 10.3 Å². The van der Waals surface area contributed by atoms with Crippen LogP contribution in [-0.2, 0) is 6.54 Å². The quantitative estimate of drug-likeness (QED) is 0.802. The molecule has 0 spiro atoms. The molecule has 0 aliphatic heterocycles. The van der Waals surface area contributed by atoms with Crippen molar-refractivity contribution in [1.82, 2.24) is 4.57 Å². The minimum Gasteiger partial charge on any atom is -0.397 e. The van der Waals surface area contributed by atoms with Gasteiger partial charge in [-0.1, -0.05) is 13.8 Å². The first kappa shape index (κ1) is 10.3. The van der Waals surface area contributed by atoms with Gasteiger partial charge in [0.25, 0.3) is 5.56 Å². The van der Waals surface area contributed by atoms with Gasteiger partial charge in [-0.25, -0.2) is 0 Å². The Morgan fingerprint density at radius 2 is 2.13 bits per heavy atom. The zero-order valence-electron chi connectivity index (χ0n) is 9.58. The highest BCUT2D eigenvalue weighted by Gasteiger charge is 2.45. The molecule has 1 aromatic rings. The lowest BCUT2D eigenvalue weighted by Crippen LogP contribution is -2.24. The number of anilines is 1. The van der Waals surface area contributed by atoms with E-state index < -0.39 is 0 Å². The van der Waals surface area contributed by atoms with Crippen molar-refractivity contribution >= 4 is 5.69 Å². The zero-order valence-corrected chi connectivity index (χ0v) is 9.58. The molecule has 3 heteroatoms. The maximum Gasteiger partial charge on any atom is 0.250 e. The average Bonchev–Trinajstić information content (AvgIpc) is 2.75. The van der Waals surface area contributed by atoms with E-state index in [1.54, 1.807) is 16.7 Å². The molecule has 1 heterocycles. The lowest BCUT2D eigenvalue weighted by molar-refractivity contribution is 0.486. The van der Waals surface area contributed by atoms with Crippen LogP contribution < -0.4 is 11.3 Å². The van der Waals surface area contributed by atoms with E-state index in [-0.39, 0.29) is 5.56 Å². The molecule has 82 valence electrons. The summed E-state index contributed by atoms with van der Waals surface area (Å²) >= 11 is 0. The molecule has 1 fully saturated rings. The van der Waals surface area contributed by atoms with Gasteiger partial charge in [0, 0.05) is 18.3 Å². The Balaban J connectivity index is 2.29. The first-order valence-corrected chi connectivity index (χ1v) is 5.38. The van der Waals surface area contributed by atoms with Gasteiger partial charge in [0.1, 0.15) is 0 Å². The second-order valence-corrected chi connectivity index (χ2v) is 5.21. The van der Waals surface area contributed by atoms with Crippen LogP contribution in [-0.4, -0.2) is 4.57 Å². The third-order valence-electron chi connectivity index (χ3n) is 3.61. The fourth-order valence-electron chi connectivity index (χ4n) is 2.03. The monoisotopic (exact) mass is 206 g/mol. The molecule has 2 N–H and O–H groups in total. The smallest absolute Gasteiger partial charge is 0.250 e. The molecule has 3 nitrogen and oxygen atoms in total. The molecule has 1 aromatic heterocycles. The molecule has 1 atom stereocenters. The Morgan fingerprint density at radius 1 is 1.53 bits per heavy atom. The molecule has 1 aliphatic rings. The Morgan fingerprint density at radius 3 is 2.67 bits per heavy atom. The molecule has 1 unspecified atom stereocenters. The average molecular weight is 206 g/mol. The predicted molar refractivity (Wildman–Crippen MR) is 61.7 cm³/mol. The van der Waals surface area contributed by atoms with Crippen LogP contribution in [0.5, 0.6) is 0 Å². The Bertz CT molecular complexity index is 445. The summed E-state index contributed by atoms with van der Waals surface area (Å²) in [5.41, 5.74) is 7.85. The van der Waals surface area contributed by atoms with Crippen molar-refractivity contribution in [1.29, 1.82) is 0 Å². The third-order valence-corrected chi connectivity index (χ3v) is 3.61. The number of rotatable bonds is 2. The number of aromatic nitrogens is 1. The van der Waals surface area contributed by atoms with Crippen LogP contribution in [0.3, 0.4) is 0 Å². The van der Waals surface area contributed by atoms with Gasteiger partial charge in [-0.15, -0.1) is 0 Å². The van der Waals surface area contributed by atoms with E-state index in [4.69, 9.17) is 5.73 Å². The van der Waals surface area contributed by atoms with Gasteiger partial charge in [0.15, 0.2) is 0 Å². The Kier molecular flexibility index (Phi) is 2.14. The molecule has 0 saturated heterocycles. The number of hydrogen-bond acceptors (Lipinski definition) is 2. The highest BCUT2D eigenvalue weighted by atomic mass is 16.1. The fourth-order valence-corrected chi connectivity index (χ4v) is 2.03. The molecule has 1 aliphatic carbocycles. The van der Waals surface area contributed by atoms with Crippen molar-refractivity contribution in [2.75, 3.05) is 5.73 Å². The van der Waals surface area contributed by atoms with Crippen molar-refractivity contribution in [3.8, 4) is 0 Å². The maximum atomic E-state index is 11.7. The van der Waals surface area contributed by atoms with Gasteiger partial charge >= 0.3 is 0 Å². The minimum absolute atomic E-state index is 0.0596. The summed E-state index contributed by atoms with van der Waals surface area (Å²) in [6.45, 7) is 7.20. The fraction of sp³-hybridized carbons (Fsp3) is 0.583. The summed E-state index contributed by atoms with van der Waals surface area (Å²) in [4.78, 5) is 11.7. The van der Waals surface area contributed by atoms with Crippen LogP contribution in [0.2, 0.25) is 0 Å². The zero-order chi connectivity index (χ0) is 11.2. The third kappa shape index (κ3) is 1.78. The van der Waals surface area contributed by atoms with Gasteiger partial charge in [-0.3, -0.25) is 4.79 Å². The summed E-state index contributed by atoms with van der Waals surface area (Å²) in [6, 6.07) is 3.24. The maximum absolute atomic E-state index is 11.7. The molecule has 2 rings (SSSR count). The first-order valence-electron chi connectivity index (χ1n) is 5.38. The van der Waals surface area contributed by atoms with E-state index in [0.29, 0.717) is 17.0 Å². The molecule has 1 saturated carbocycles. The van der Waals surface area contributed by atoms with Crippen LogP contribution in [0.15, 0.2) is 16.9 Å². The number of hydrogen-bond donors (Lipinski definition) is 1. The second kappa shape index (κ2) is 3.12. The standard InChI is InChI=1S/C12H18N2O/c1-8-10(13)4-5-11(15)14(8)7-9-6-12(9,2)3/h4-5,9H,6-7,13H2,1-3H3. The summed E-state index contributed by atoms with van der Waals surface area (Å²) in [5.74, 6) is 0.621. The van der Waals surface area contributed by atoms with E-state index in [1.807, 2.05) is 6.92 Å². The molecule has 0 amide bonds. The molecular formula is C12H18N2O. The number of nitrogens with two attached hydrogens (primary N) is 1. The summed E-state index contributed by atoms with van der Waals surface area (Å²) in [6.07, 6.45) is 1.20. The van der Waals surface area contributed by atoms with Crippen LogP contribution >= 0.6 is 0 Å². The molecule has 0 radical (unpaired) electrons. The Hall–Kier alpha value is -1.25. The van der Waals surface area contributed by atoms with Gasteiger partial charge in [0.2, 0.25) is 0 Å². The molecule has 15 heavy (non-hydrogen) atoms. The minimum atomic E-state index is 0.0596. The van der Waals surface area contributed by atoms with E-state index in [0.717, 1.165) is 12.2 Å². The lowest BCUT2D eigenvalue weighted by Gasteiger charge is -2.12. The number of pyridine rings is 1. The van der Waals surface area contributed by atoms with Crippen molar-refractivity contribution in [3.05, 3.63) is 28.2 Å². The predicted octanol–water partition coefficient (Wildman–Crippen LogP) is 1.79. The SMILES string of the molecule is Cc1c(N)ccc(=O)n1CC1CC1(C)C. The second-order valence-electron chi connectivity index (χ2n) is 5.21. The summed E-state index contributed by atoms with van der Waals surface area (Å²) in [5, 5.41) is 0. The number of nitrogen functional groups attached to an aromatic ring is 1. The van der Waals surface area contributed by atoms with Crippen molar-refractivity contribution < 1.29 is 0 Å². The molecular weight excluding hydrogens is 188 g/mol. The summed E-state index contributed by atoms with van der Waals surface area (Å²) < 4.78 is 1.80. The largest absolute Gasteiger partial charge is 0.397 e. The van der Waals surface area contributed by atoms with E-state index >= 15 is 0 Å². The van der Waals surface area contributed by atoms with Crippen LogP contribution in [0.4, 0.5) is 5.69 Å². The highest BCUT2D eigenvalue weighted by molar-refractivity contribution is 5.41. The van der Waals surface area contributed by atoms with E-state index in [9.17, 15) is 4.79 Å². The van der Waals surface area contributed by atoms with Gasteiger partial charge in [-0.2, -0.15) is 0 Å². The van der Waals surface area contributed by atoms with Crippen molar-refractivity contribution in [2.45, 2.75) is 33.7 Å². The van der Waals surface area contributed by atoms with E-state index in [1.165, 1.54) is 6.42 Å². The van der Waals surface area contributed by atoms with Gasteiger partial charge in [-0.05, 0) is 30.7 Å². The lowest BCUT2D eigenvalue weighted by atomic mass is 10.1.